The van der Waals surface area contributed by atoms with E-state index in [2.05, 4.69) is 0 Å². The van der Waals surface area contributed by atoms with Gasteiger partial charge < -0.3 is 19.5 Å². The summed E-state index contributed by atoms with van der Waals surface area (Å²) in [5.41, 5.74) is -0.640. The van der Waals surface area contributed by atoms with E-state index in [1.54, 1.807) is 27.7 Å². The van der Waals surface area contributed by atoms with Gasteiger partial charge in [0.05, 0.1) is 12.0 Å². The largest absolute Gasteiger partial charge is 0.548 e. The van der Waals surface area contributed by atoms with Gasteiger partial charge in [0, 0.05) is 6.54 Å². The van der Waals surface area contributed by atoms with E-state index in [4.69, 9.17) is 4.74 Å². The number of carbonyl (C=O) groups is 2. The van der Waals surface area contributed by atoms with Crippen molar-refractivity contribution in [3.63, 3.8) is 0 Å². The second-order valence-electron chi connectivity index (χ2n) is 5.73. The molecule has 18 heavy (non-hydrogen) atoms. The lowest BCUT2D eigenvalue weighted by Crippen LogP contribution is -2.52. The number of carbonyl (C=O) groups excluding carboxylic acids is 2. The Labute approximate surface area is 109 Å². The van der Waals surface area contributed by atoms with E-state index in [-0.39, 0.29) is 12.5 Å². The van der Waals surface area contributed by atoms with Gasteiger partial charge in [0.1, 0.15) is 5.60 Å². The lowest BCUT2D eigenvalue weighted by molar-refractivity contribution is -0.311. The van der Waals surface area contributed by atoms with Crippen molar-refractivity contribution in [3.05, 3.63) is 0 Å². The van der Waals surface area contributed by atoms with E-state index in [1.807, 2.05) is 13.8 Å². The lowest BCUT2D eigenvalue weighted by Gasteiger charge is -2.34. The van der Waals surface area contributed by atoms with Crippen molar-refractivity contribution < 1.29 is 19.4 Å². The molecule has 1 amide bonds. The van der Waals surface area contributed by atoms with Crippen LogP contribution in [0.25, 0.3) is 0 Å². The van der Waals surface area contributed by atoms with Crippen molar-refractivity contribution >= 4 is 12.1 Å². The van der Waals surface area contributed by atoms with E-state index in [9.17, 15) is 14.7 Å². The van der Waals surface area contributed by atoms with Gasteiger partial charge in [0.15, 0.2) is 0 Å². The number of carboxylic acid groups (broad SMARTS) is 1. The number of ether oxygens (including phenoxy) is 1. The molecule has 106 valence electrons. The maximum atomic E-state index is 11.9. The van der Waals surface area contributed by atoms with Gasteiger partial charge in [-0.1, -0.05) is 13.8 Å². The van der Waals surface area contributed by atoms with Gasteiger partial charge in [-0.15, -0.1) is 0 Å². The van der Waals surface area contributed by atoms with E-state index in [0.29, 0.717) is 6.42 Å². The number of rotatable bonds is 5. The third-order valence-corrected chi connectivity index (χ3v) is 2.31. The molecule has 0 N–H and O–H groups in total. The molecule has 0 aliphatic heterocycles. The van der Waals surface area contributed by atoms with Gasteiger partial charge >= 0.3 is 6.09 Å². The molecule has 0 bridgehead atoms. The SMILES string of the molecule is CCN(C(=O)OC(C)(C)C)[C@@H](CC(C)C)C(=O)[O-]. The third-order valence-electron chi connectivity index (χ3n) is 2.31. The van der Waals surface area contributed by atoms with Gasteiger partial charge in [-0.2, -0.15) is 0 Å². The minimum Gasteiger partial charge on any atom is -0.548 e. The second kappa shape index (κ2) is 6.61. The van der Waals surface area contributed by atoms with Crippen molar-refractivity contribution in [3.8, 4) is 0 Å². The molecule has 0 aromatic carbocycles. The quantitative estimate of drug-likeness (QED) is 0.747. The van der Waals surface area contributed by atoms with Gasteiger partial charge in [0.2, 0.25) is 0 Å². The Morgan fingerprint density at radius 1 is 1.28 bits per heavy atom. The minimum atomic E-state index is -1.24. The zero-order valence-corrected chi connectivity index (χ0v) is 12.1. The second-order valence-corrected chi connectivity index (χ2v) is 5.73. The number of aliphatic carboxylic acids is 1. The molecule has 0 saturated carbocycles. The highest BCUT2D eigenvalue weighted by Gasteiger charge is 2.28. The molecule has 0 rings (SSSR count). The van der Waals surface area contributed by atoms with Crippen LogP contribution in [0.15, 0.2) is 0 Å². The molecule has 0 fully saturated rings. The summed E-state index contributed by atoms with van der Waals surface area (Å²) in [6.45, 7) is 11.0. The monoisotopic (exact) mass is 258 g/mol. The van der Waals surface area contributed by atoms with Crippen LogP contribution in [0.5, 0.6) is 0 Å². The number of likely N-dealkylation sites (N-methyl/N-ethyl adjacent to an activating group) is 1. The Kier molecular flexibility index (Phi) is 6.15. The fourth-order valence-corrected chi connectivity index (χ4v) is 1.59. The van der Waals surface area contributed by atoms with Crippen molar-refractivity contribution in [2.75, 3.05) is 6.54 Å². The van der Waals surface area contributed by atoms with Crippen LogP contribution in [0.2, 0.25) is 0 Å². The van der Waals surface area contributed by atoms with Crippen molar-refractivity contribution in [2.24, 2.45) is 5.92 Å². The van der Waals surface area contributed by atoms with Crippen LogP contribution in [-0.4, -0.2) is 35.2 Å². The first-order chi connectivity index (χ1) is 8.08. The van der Waals surface area contributed by atoms with Crippen LogP contribution in [-0.2, 0) is 9.53 Å². The number of hydrogen-bond donors (Lipinski definition) is 0. The summed E-state index contributed by atoms with van der Waals surface area (Å²) in [6.07, 6.45) is -0.255. The first-order valence-electron chi connectivity index (χ1n) is 6.29. The number of hydrogen-bond acceptors (Lipinski definition) is 4. The van der Waals surface area contributed by atoms with Crippen molar-refractivity contribution in [2.45, 2.75) is 59.6 Å². The molecule has 0 unspecified atom stereocenters. The molecule has 5 nitrogen and oxygen atoms in total. The first-order valence-corrected chi connectivity index (χ1v) is 6.29. The average molecular weight is 258 g/mol. The highest BCUT2D eigenvalue weighted by atomic mass is 16.6. The average Bonchev–Trinajstić information content (AvgIpc) is 2.13. The van der Waals surface area contributed by atoms with Crippen molar-refractivity contribution in [1.82, 2.24) is 4.90 Å². The van der Waals surface area contributed by atoms with E-state index < -0.39 is 23.7 Å². The van der Waals surface area contributed by atoms with Crippen molar-refractivity contribution in [1.29, 1.82) is 0 Å². The summed E-state index contributed by atoms with van der Waals surface area (Å²) in [5, 5.41) is 11.1. The summed E-state index contributed by atoms with van der Waals surface area (Å²) in [6, 6.07) is -0.940. The molecule has 0 aliphatic rings. The Morgan fingerprint density at radius 3 is 2.06 bits per heavy atom. The van der Waals surface area contributed by atoms with Crippen LogP contribution in [0.4, 0.5) is 4.79 Å². The molecule has 0 aliphatic carbocycles. The standard InChI is InChI=1S/C13H25NO4/c1-7-14(12(17)18-13(4,5)6)10(11(15)16)8-9(2)3/h9-10H,7-8H2,1-6H3,(H,15,16)/p-1/t10-/m0/s1. The molecule has 5 heteroatoms. The molecular formula is C13H24NO4-. The number of carboxylic acids is 1. The molecule has 0 heterocycles. The zero-order chi connectivity index (χ0) is 14.5. The summed E-state index contributed by atoms with van der Waals surface area (Å²) in [4.78, 5) is 24.3. The molecule has 1 atom stereocenters. The number of amides is 1. The fraction of sp³-hybridized carbons (Fsp3) is 0.846. The molecule has 0 saturated heterocycles. The zero-order valence-electron chi connectivity index (χ0n) is 12.1. The Morgan fingerprint density at radius 2 is 1.78 bits per heavy atom. The third kappa shape index (κ3) is 5.89. The predicted octanol–water partition coefficient (Wildman–Crippen LogP) is 1.41. The van der Waals surface area contributed by atoms with E-state index >= 15 is 0 Å². The molecule has 0 radical (unpaired) electrons. The molecule has 0 aromatic heterocycles. The van der Waals surface area contributed by atoms with Crippen LogP contribution in [0.3, 0.4) is 0 Å². The maximum absolute atomic E-state index is 11.9. The summed E-state index contributed by atoms with van der Waals surface area (Å²) < 4.78 is 5.20. The Hall–Kier alpha value is -1.26. The molecular weight excluding hydrogens is 234 g/mol. The fourth-order valence-electron chi connectivity index (χ4n) is 1.59. The lowest BCUT2D eigenvalue weighted by atomic mass is 10.0. The number of nitrogens with zero attached hydrogens (tertiary/aromatic N) is 1. The molecule has 0 spiro atoms. The van der Waals surface area contributed by atoms with Gasteiger partial charge in [-0.3, -0.25) is 0 Å². The summed E-state index contributed by atoms with van der Waals surface area (Å²) in [5.74, 6) is -1.08. The highest BCUT2D eigenvalue weighted by Crippen LogP contribution is 2.16. The predicted molar refractivity (Wildman–Crippen MR) is 66.9 cm³/mol. The summed E-state index contributed by atoms with van der Waals surface area (Å²) >= 11 is 0. The van der Waals surface area contributed by atoms with Crippen LogP contribution in [0.1, 0.15) is 48.0 Å². The maximum Gasteiger partial charge on any atom is 0.410 e. The van der Waals surface area contributed by atoms with Gasteiger partial charge in [0.25, 0.3) is 0 Å². The molecule has 0 aromatic rings. The van der Waals surface area contributed by atoms with Gasteiger partial charge in [-0.05, 0) is 40.0 Å². The van der Waals surface area contributed by atoms with Crippen LogP contribution < -0.4 is 5.11 Å². The van der Waals surface area contributed by atoms with Gasteiger partial charge in [-0.25, -0.2) is 4.79 Å². The highest BCUT2D eigenvalue weighted by molar-refractivity contribution is 5.78. The van der Waals surface area contributed by atoms with E-state index in [0.717, 1.165) is 0 Å². The normalized spacial score (nSPS) is 13.3. The van der Waals surface area contributed by atoms with Crippen LogP contribution >= 0.6 is 0 Å². The topological polar surface area (TPSA) is 69.7 Å². The Balaban J connectivity index is 4.90. The first kappa shape index (κ1) is 16.7. The van der Waals surface area contributed by atoms with Crippen LogP contribution in [0, 0.1) is 5.92 Å². The van der Waals surface area contributed by atoms with E-state index in [1.165, 1.54) is 4.90 Å². The Bertz CT molecular complexity index is 294. The smallest absolute Gasteiger partial charge is 0.410 e. The minimum absolute atomic E-state index is 0.157. The summed E-state index contributed by atoms with van der Waals surface area (Å²) in [7, 11) is 0.